The molecule has 0 fully saturated rings. The van der Waals surface area contributed by atoms with Crippen molar-refractivity contribution in [1.82, 2.24) is 0 Å². The number of aliphatic carboxylic acids is 1. The Labute approximate surface area is 118 Å². The monoisotopic (exact) mass is 299 g/mol. The van der Waals surface area contributed by atoms with Crippen molar-refractivity contribution in [2.45, 2.75) is 6.04 Å². The Hall–Kier alpha value is -2.13. The lowest BCUT2D eigenvalue weighted by Gasteiger charge is -2.07. The minimum absolute atomic E-state index is 0.0347. The van der Waals surface area contributed by atoms with Crippen LogP contribution in [0.5, 0.6) is 0 Å². The van der Waals surface area contributed by atoms with E-state index in [1.165, 1.54) is 18.2 Å². The summed E-state index contributed by atoms with van der Waals surface area (Å²) in [4.78, 5) is 32.2. The highest BCUT2D eigenvalue weighted by atomic mass is 32.2. The van der Waals surface area contributed by atoms with Gasteiger partial charge in [0.15, 0.2) is 0 Å². The van der Waals surface area contributed by atoms with Crippen LogP contribution in [0.2, 0.25) is 0 Å². The van der Waals surface area contributed by atoms with Crippen molar-refractivity contribution in [3.63, 3.8) is 0 Å². The van der Waals surface area contributed by atoms with Crippen molar-refractivity contribution in [2.75, 3.05) is 16.8 Å². The molecule has 108 valence electrons. The molecule has 0 aliphatic heterocycles. The second-order valence-electron chi connectivity index (χ2n) is 3.78. The van der Waals surface area contributed by atoms with Crippen LogP contribution in [0, 0.1) is 10.1 Å². The molecule has 0 saturated heterocycles. The van der Waals surface area contributed by atoms with Gasteiger partial charge in [-0.25, -0.2) is 0 Å². The predicted molar refractivity (Wildman–Crippen MR) is 74.7 cm³/mol. The van der Waals surface area contributed by atoms with Crippen molar-refractivity contribution >= 4 is 35.0 Å². The molecule has 0 radical (unpaired) electrons. The largest absolute Gasteiger partial charge is 0.480 e. The molecule has 0 saturated carbocycles. The van der Waals surface area contributed by atoms with Gasteiger partial charge in [-0.15, -0.1) is 11.8 Å². The minimum Gasteiger partial charge on any atom is -0.480 e. The Morgan fingerprint density at radius 2 is 2.10 bits per heavy atom. The molecule has 8 nitrogen and oxygen atoms in total. The number of nitrogens with zero attached hydrogens (tertiary/aromatic N) is 1. The Morgan fingerprint density at radius 1 is 1.45 bits per heavy atom. The average Bonchev–Trinajstić information content (AvgIpc) is 2.38. The van der Waals surface area contributed by atoms with Crippen LogP contribution in [0.3, 0.4) is 0 Å². The van der Waals surface area contributed by atoms with Gasteiger partial charge in [-0.1, -0.05) is 12.1 Å². The highest BCUT2D eigenvalue weighted by molar-refractivity contribution is 8.00. The zero-order valence-corrected chi connectivity index (χ0v) is 11.1. The van der Waals surface area contributed by atoms with Gasteiger partial charge in [0.1, 0.15) is 11.7 Å². The van der Waals surface area contributed by atoms with Gasteiger partial charge in [-0.2, -0.15) is 0 Å². The van der Waals surface area contributed by atoms with E-state index in [1.54, 1.807) is 6.07 Å². The van der Waals surface area contributed by atoms with Crippen LogP contribution in [0.15, 0.2) is 24.3 Å². The number of carbonyl (C=O) groups excluding carboxylic acids is 1. The first-order valence-corrected chi connectivity index (χ1v) is 6.66. The first-order valence-electron chi connectivity index (χ1n) is 5.51. The number of carbonyl (C=O) groups is 2. The minimum atomic E-state index is -1.14. The lowest BCUT2D eigenvalue weighted by atomic mass is 10.2. The number of thioether (sulfide) groups is 1. The van der Waals surface area contributed by atoms with E-state index in [2.05, 4.69) is 5.32 Å². The summed E-state index contributed by atoms with van der Waals surface area (Å²) in [6, 6.07) is 4.72. The first-order chi connectivity index (χ1) is 9.41. The fourth-order valence-corrected chi connectivity index (χ4v) is 2.05. The van der Waals surface area contributed by atoms with Gasteiger partial charge in [0, 0.05) is 11.8 Å². The van der Waals surface area contributed by atoms with Gasteiger partial charge in [-0.05, 0) is 6.07 Å². The van der Waals surface area contributed by atoms with E-state index in [-0.39, 0.29) is 22.9 Å². The fourth-order valence-electron chi connectivity index (χ4n) is 1.27. The maximum atomic E-state index is 11.6. The Kier molecular flexibility index (Phi) is 5.94. The molecule has 0 aliphatic rings. The number of benzene rings is 1. The summed E-state index contributed by atoms with van der Waals surface area (Å²) in [5, 5.41) is 21.7. The number of para-hydroxylation sites is 2. The molecular formula is C11H13N3O5S. The normalized spacial score (nSPS) is 11.7. The predicted octanol–water partition coefficient (Wildman–Crippen LogP) is 0.678. The number of nitrogens with two attached hydrogens (primary N) is 1. The Morgan fingerprint density at radius 3 is 2.70 bits per heavy atom. The lowest BCUT2D eigenvalue weighted by Crippen LogP contribution is -2.33. The lowest BCUT2D eigenvalue weighted by molar-refractivity contribution is -0.383. The van der Waals surface area contributed by atoms with Crippen LogP contribution in [0.4, 0.5) is 11.4 Å². The van der Waals surface area contributed by atoms with Gasteiger partial charge >= 0.3 is 5.97 Å². The van der Waals surface area contributed by atoms with Crippen LogP contribution in [0.1, 0.15) is 0 Å². The quantitative estimate of drug-likeness (QED) is 0.497. The molecule has 20 heavy (non-hydrogen) atoms. The van der Waals surface area contributed by atoms with Crippen molar-refractivity contribution in [3.8, 4) is 0 Å². The zero-order valence-electron chi connectivity index (χ0n) is 10.3. The average molecular weight is 299 g/mol. The molecular weight excluding hydrogens is 286 g/mol. The molecule has 1 aromatic carbocycles. The van der Waals surface area contributed by atoms with Crippen LogP contribution in [-0.4, -0.2) is 39.5 Å². The zero-order chi connectivity index (χ0) is 15.1. The second kappa shape index (κ2) is 7.46. The van der Waals surface area contributed by atoms with Gasteiger partial charge in [-0.3, -0.25) is 19.7 Å². The number of nitrogens with one attached hydrogen (secondary N) is 1. The number of carboxylic acids is 1. The molecule has 1 aromatic rings. The molecule has 1 amide bonds. The SMILES string of the molecule is N[C@H](CSCC(=O)Nc1ccccc1[N+](=O)[O-])C(=O)O. The molecule has 0 aliphatic carbocycles. The number of hydrogen-bond acceptors (Lipinski definition) is 6. The number of anilines is 1. The highest BCUT2D eigenvalue weighted by Gasteiger charge is 2.16. The molecule has 1 atom stereocenters. The number of carboxylic acid groups (broad SMARTS) is 1. The van der Waals surface area contributed by atoms with Gasteiger partial charge in [0.2, 0.25) is 5.91 Å². The van der Waals surface area contributed by atoms with Crippen molar-refractivity contribution in [2.24, 2.45) is 5.73 Å². The van der Waals surface area contributed by atoms with Gasteiger partial charge < -0.3 is 16.2 Å². The van der Waals surface area contributed by atoms with Crippen molar-refractivity contribution in [1.29, 1.82) is 0 Å². The molecule has 0 aromatic heterocycles. The second-order valence-corrected chi connectivity index (χ2v) is 4.81. The molecule has 9 heteroatoms. The van der Waals surface area contributed by atoms with E-state index in [0.717, 1.165) is 11.8 Å². The molecule has 0 spiro atoms. The fraction of sp³-hybridized carbons (Fsp3) is 0.273. The van der Waals surface area contributed by atoms with E-state index in [9.17, 15) is 19.7 Å². The van der Waals surface area contributed by atoms with Crippen molar-refractivity contribution in [3.05, 3.63) is 34.4 Å². The molecule has 0 heterocycles. The summed E-state index contributed by atoms with van der Waals surface area (Å²) >= 11 is 1.04. The third-order valence-corrected chi connectivity index (χ3v) is 3.28. The third kappa shape index (κ3) is 4.86. The molecule has 4 N–H and O–H groups in total. The van der Waals surface area contributed by atoms with Crippen LogP contribution in [-0.2, 0) is 9.59 Å². The third-order valence-electron chi connectivity index (χ3n) is 2.22. The van der Waals surface area contributed by atoms with Gasteiger partial charge in [0.25, 0.3) is 5.69 Å². The van der Waals surface area contributed by atoms with Gasteiger partial charge in [0.05, 0.1) is 10.7 Å². The smallest absolute Gasteiger partial charge is 0.321 e. The van der Waals surface area contributed by atoms with Crippen LogP contribution < -0.4 is 11.1 Å². The Bertz CT molecular complexity index is 523. The topological polar surface area (TPSA) is 136 Å². The van der Waals surface area contributed by atoms with Crippen molar-refractivity contribution < 1.29 is 19.6 Å². The van der Waals surface area contributed by atoms with E-state index in [0.29, 0.717) is 0 Å². The summed E-state index contributed by atoms with van der Waals surface area (Å²) in [6.45, 7) is 0. The summed E-state index contributed by atoms with van der Waals surface area (Å²) in [7, 11) is 0. The Balaban J connectivity index is 2.51. The number of amides is 1. The van der Waals surface area contributed by atoms with Crippen LogP contribution >= 0.6 is 11.8 Å². The number of nitro groups is 1. The number of nitro benzene ring substituents is 1. The van der Waals surface area contributed by atoms with E-state index < -0.39 is 22.8 Å². The standard InChI is InChI=1S/C11H13N3O5S/c12-7(11(16)17)5-20-6-10(15)13-8-3-1-2-4-9(8)14(18)19/h1-4,7H,5-6,12H2,(H,13,15)(H,16,17)/t7-/m1/s1. The number of rotatable bonds is 7. The first kappa shape index (κ1) is 15.9. The summed E-state index contributed by atoms with van der Waals surface area (Å²) < 4.78 is 0. The molecule has 0 bridgehead atoms. The maximum absolute atomic E-state index is 11.6. The maximum Gasteiger partial charge on any atom is 0.321 e. The number of hydrogen-bond donors (Lipinski definition) is 3. The van der Waals surface area contributed by atoms with E-state index >= 15 is 0 Å². The summed E-state index contributed by atoms with van der Waals surface area (Å²) in [5.41, 5.74) is 5.18. The highest BCUT2D eigenvalue weighted by Crippen LogP contribution is 2.23. The van der Waals surface area contributed by atoms with E-state index in [1.807, 2.05) is 0 Å². The molecule has 0 unspecified atom stereocenters. The summed E-state index contributed by atoms with van der Waals surface area (Å²) in [6.07, 6.45) is 0. The molecule has 1 rings (SSSR count). The van der Waals surface area contributed by atoms with Crippen LogP contribution in [0.25, 0.3) is 0 Å². The van der Waals surface area contributed by atoms with E-state index in [4.69, 9.17) is 10.8 Å². The summed E-state index contributed by atoms with van der Waals surface area (Å²) in [5.74, 6) is -1.55.